The molecule has 2 aromatic heterocycles. The molecule has 0 radical (unpaired) electrons. The van der Waals surface area contributed by atoms with Crippen LogP contribution in [0.15, 0.2) is 53.5 Å². The van der Waals surface area contributed by atoms with Gasteiger partial charge >= 0.3 is 0 Å². The van der Waals surface area contributed by atoms with Crippen molar-refractivity contribution in [3.8, 4) is 5.75 Å². The zero-order valence-electron chi connectivity index (χ0n) is 33.5. The molecule has 17 nitrogen and oxygen atoms in total. The third-order valence-corrected chi connectivity index (χ3v) is 12.1. The summed E-state index contributed by atoms with van der Waals surface area (Å²) in [6.07, 6.45) is 5.50. The maximum atomic E-state index is 13.6. The van der Waals surface area contributed by atoms with Crippen molar-refractivity contribution < 1.29 is 28.7 Å². The molecule has 0 spiro atoms. The SMILES string of the molecule is CCn1c(=O)c(OCC(=O)NC)cc2cc(Nc3nc(N4CCC(CN5CCC(Nc6cccc7c6C(=O)N(C6CCC(=O)NC6=O)C7=O)CC5)CC4)ncc3Cl)ccc21. The van der Waals surface area contributed by atoms with E-state index in [0.717, 1.165) is 74.2 Å². The van der Waals surface area contributed by atoms with E-state index in [-0.39, 0.29) is 53.8 Å². The summed E-state index contributed by atoms with van der Waals surface area (Å²) in [6, 6.07) is 11.5. The van der Waals surface area contributed by atoms with Gasteiger partial charge in [-0.15, -0.1) is 0 Å². The summed E-state index contributed by atoms with van der Waals surface area (Å²) in [6.45, 7) is 6.41. The first-order valence-electron chi connectivity index (χ1n) is 20.4. The summed E-state index contributed by atoms with van der Waals surface area (Å²) in [4.78, 5) is 90.9. The van der Waals surface area contributed by atoms with E-state index in [1.807, 2.05) is 31.2 Å². The number of nitrogens with zero attached hydrogens (tertiary/aromatic N) is 6. The smallest absolute Gasteiger partial charge is 0.293 e. The number of piperidine rings is 3. The fraction of sp³-hybridized carbons (Fsp3) is 0.429. The minimum atomic E-state index is -1.00. The van der Waals surface area contributed by atoms with E-state index in [9.17, 15) is 28.8 Å². The normalized spacial score (nSPS) is 19.1. The summed E-state index contributed by atoms with van der Waals surface area (Å²) >= 11 is 6.58. The van der Waals surface area contributed by atoms with Crippen LogP contribution in [0.25, 0.3) is 10.9 Å². The lowest BCUT2D eigenvalue weighted by atomic mass is 9.94. The van der Waals surface area contributed by atoms with E-state index in [1.165, 1.54) is 7.05 Å². The van der Waals surface area contributed by atoms with Crippen LogP contribution >= 0.6 is 11.6 Å². The molecule has 0 saturated carbocycles. The molecule has 3 fully saturated rings. The van der Waals surface area contributed by atoms with Gasteiger partial charge in [0.05, 0.1) is 22.8 Å². The van der Waals surface area contributed by atoms with Gasteiger partial charge in [0.1, 0.15) is 11.1 Å². The highest BCUT2D eigenvalue weighted by atomic mass is 35.5. The van der Waals surface area contributed by atoms with Crippen LogP contribution in [0.5, 0.6) is 5.75 Å². The molecule has 0 bridgehead atoms. The van der Waals surface area contributed by atoms with Crippen LogP contribution in [0.2, 0.25) is 5.02 Å². The molecule has 4 aliphatic rings. The summed E-state index contributed by atoms with van der Waals surface area (Å²) in [7, 11) is 1.51. The van der Waals surface area contributed by atoms with Crippen molar-refractivity contribution in [3.63, 3.8) is 0 Å². The van der Waals surface area contributed by atoms with Gasteiger partial charge in [-0.1, -0.05) is 17.7 Å². The number of fused-ring (bicyclic) bond motifs is 2. The number of likely N-dealkylation sites (tertiary alicyclic amines) is 1. The zero-order chi connectivity index (χ0) is 42.1. The van der Waals surface area contributed by atoms with Gasteiger partial charge in [0.25, 0.3) is 23.3 Å². The van der Waals surface area contributed by atoms with Crippen molar-refractivity contribution in [2.24, 2.45) is 5.92 Å². The molecule has 18 heteroatoms. The number of ether oxygens (including phenoxy) is 1. The highest BCUT2D eigenvalue weighted by Gasteiger charge is 2.46. The number of aryl methyl sites for hydroxylation is 1. The molecule has 1 atom stereocenters. The number of carbonyl (C=O) groups excluding carboxylic acids is 5. The molecule has 6 heterocycles. The van der Waals surface area contributed by atoms with Gasteiger partial charge in [-0.2, -0.15) is 4.98 Å². The summed E-state index contributed by atoms with van der Waals surface area (Å²) < 4.78 is 7.16. The molecule has 3 saturated heterocycles. The Balaban J connectivity index is 0.841. The molecule has 0 aliphatic carbocycles. The molecule has 4 aliphatic heterocycles. The monoisotopic (exact) mass is 838 g/mol. The summed E-state index contributed by atoms with van der Waals surface area (Å²) in [5.74, 6) is -0.734. The Bertz CT molecular complexity index is 2430. The van der Waals surface area contributed by atoms with Crippen molar-refractivity contribution in [3.05, 3.63) is 75.2 Å². The van der Waals surface area contributed by atoms with Gasteiger partial charge in [0.2, 0.25) is 17.8 Å². The van der Waals surface area contributed by atoms with E-state index in [1.54, 1.807) is 29.0 Å². The largest absolute Gasteiger partial charge is 0.478 e. The van der Waals surface area contributed by atoms with Crippen LogP contribution in [-0.4, -0.2) is 112 Å². The number of benzene rings is 2. The first-order valence-corrected chi connectivity index (χ1v) is 20.8. The van der Waals surface area contributed by atoms with Crippen molar-refractivity contribution >= 4 is 75.2 Å². The lowest BCUT2D eigenvalue weighted by Crippen LogP contribution is -2.54. The second kappa shape index (κ2) is 17.3. The zero-order valence-corrected chi connectivity index (χ0v) is 34.2. The van der Waals surface area contributed by atoms with Gasteiger partial charge in [0, 0.05) is 75.5 Å². The molecule has 5 amide bonds. The minimum Gasteiger partial charge on any atom is -0.478 e. The lowest BCUT2D eigenvalue weighted by molar-refractivity contribution is -0.136. The average molecular weight is 839 g/mol. The van der Waals surface area contributed by atoms with E-state index in [0.29, 0.717) is 40.6 Å². The van der Waals surface area contributed by atoms with Crippen molar-refractivity contribution in [2.45, 2.75) is 64.1 Å². The van der Waals surface area contributed by atoms with Crippen LogP contribution in [0, 0.1) is 5.92 Å². The number of halogens is 1. The molecular formula is C42H47ClN10O7. The number of likely N-dealkylation sites (N-methyl/N-ethyl adjacent to an activating group) is 1. The Morgan fingerprint density at radius 3 is 2.48 bits per heavy atom. The minimum absolute atomic E-state index is 0.0751. The molecule has 8 rings (SSSR count). The van der Waals surface area contributed by atoms with Crippen molar-refractivity contribution in [2.75, 3.05) is 61.9 Å². The standard InChI is InChI=1S/C42H47ClN10O7/c1-3-52-31-8-7-27(19-25(31)20-33(40(52)58)60-23-35(55)44-2)47-37-29(43)21-45-42(49-37)51-17-11-24(12-18-51)22-50-15-13-26(14-16-50)46-30-6-4-5-28-36(30)41(59)53(39(28)57)32-9-10-34(54)48-38(32)56/h4-8,19-21,24,26,32,46H,3,9-18,22-23H2,1-2H3,(H,44,55)(H,45,47,49)(H,48,54,56). The number of amides is 5. The van der Waals surface area contributed by atoms with E-state index in [4.69, 9.17) is 21.3 Å². The van der Waals surface area contributed by atoms with Crippen LogP contribution < -0.4 is 36.5 Å². The van der Waals surface area contributed by atoms with E-state index < -0.39 is 29.7 Å². The van der Waals surface area contributed by atoms with Gasteiger partial charge < -0.3 is 35.1 Å². The van der Waals surface area contributed by atoms with Crippen LogP contribution in [0.1, 0.15) is 66.2 Å². The Hall–Kier alpha value is -6.07. The van der Waals surface area contributed by atoms with E-state index in [2.05, 4.69) is 36.1 Å². The molecule has 2 aromatic carbocycles. The van der Waals surface area contributed by atoms with Crippen molar-refractivity contribution in [1.82, 2.24) is 35.0 Å². The van der Waals surface area contributed by atoms with Gasteiger partial charge in [-0.25, -0.2) is 4.98 Å². The first-order chi connectivity index (χ1) is 29.0. The number of hydrogen-bond acceptors (Lipinski definition) is 13. The Kier molecular flexibility index (Phi) is 11.7. The van der Waals surface area contributed by atoms with Crippen LogP contribution in [-0.2, 0) is 20.9 Å². The molecule has 1 unspecified atom stereocenters. The fourth-order valence-electron chi connectivity index (χ4n) is 8.60. The number of rotatable bonds is 12. The van der Waals surface area contributed by atoms with Crippen LogP contribution in [0.3, 0.4) is 0 Å². The third-order valence-electron chi connectivity index (χ3n) is 11.8. The quantitative estimate of drug-likeness (QED) is 0.151. The molecule has 4 N–H and O–H groups in total. The number of aromatic nitrogens is 3. The first kappa shape index (κ1) is 40.7. The number of nitrogens with one attached hydrogen (secondary N) is 4. The Morgan fingerprint density at radius 2 is 1.75 bits per heavy atom. The fourth-order valence-corrected chi connectivity index (χ4v) is 8.74. The highest BCUT2D eigenvalue weighted by Crippen LogP contribution is 2.34. The highest BCUT2D eigenvalue weighted by molar-refractivity contribution is 6.33. The number of carbonyl (C=O) groups is 5. The summed E-state index contributed by atoms with van der Waals surface area (Å²) in [5.41, 5.74) is 2.27. The van der Waals surface area contributed by atoms with Gasteiger partial charge in [-0.3, -0.25) is 39.0 Å². The Morgan fingerprint density at radius 1 is 0.967 bits per heavy atom. The lowest BCUT2D eigenvalue weighted by Gasteiger charge is -2.38. The maximum absolute atomic E-state index is 13.6. The number of anilines is 4. The maximum Gasteiger partial charge on any atom is 0.293 e. The molecule has 60 heavy (non-hydrogen) atoms. The second-order valence-corrected chi connectivity index (χ2v) is 16.0. The predicted molar refractivity (Wildman–Crippen MR) is 225 cm³/mol. The molecular weight excluding hydrogens is 792 g/mol. The van der Waals surface area contributed by atoms with E-state index >= 15 is 0 Å². The van der Waals surface area contributed by atoms with Crippen molar-refractivity contribution in [1.29, 1.82) is 0 Å². The average Bonchev–Trinajstić information content (AvgIpc) is 3.50. The molecule has 4 aromatic rings. The predicted octanol–water partition coefficient (Wildman–Crippen LogP) is 3.53. The number of imide groups is 2. The van der Waals surface area contributed by atoms with Crippen LogP contribution in [0.4, 0.5) is 23.1 Å². The van der Waals surface area contributed by atoms with Gasteiger partial charge in [0.15, 0.2) is 18.2 Å². The topological polar surface area (TPSA) is 200 Å². The van der Waals surface area contributed by atoms with Gasteiger partial charge in [-0.05, 0) is 81.3 Å². The molecule has 314 valence electrons. The third kappa shape index (κ3) is 8.23. The second-order valence-electron chi connectivity index (χ2n) is 15.6. The summed E-state index contributed by atoms with van der Waals surface area (Å²) in [5, 5.41) is 12.7. The number of pyridine rings is 1. The number of hydrogen-bond donors (Lipinski definition) is 4. The Labute approximate surface area is 350 Å².